The highest BCUT2D eigenvalue weighted by molar-refractivity contribution is 6.62. The van der Waals surface area contributed by atoms with Gasteiger partial charge in [0.25, 0.3) is 0 Å². The summed E-state index contributed by atoms with van der Waals surface area (Å²) in [6, 6.07) is 9.31. The van der Waals surface area contributed by atoms with Gasteiger partial charge in [-0.05, 0) is 38.2 Å². The minimum Gasteiger partial charge on any atom is -0.0777 e. The van der Waals surface area contributed by atoms with E-state index in [9.17, 15) is 0 Å². The molecule has 21 heavy (non-hydrogen) atoms. The summed E-state index contributed by atoms with van der Waals surface area (Å²) in [7, 11) is -0.262. The Balaban J connectivity index is 1.74. The first kappa shape index (κ1) is 14.8. The molecule has 1 aromatic rings. The van der Waals surface area contributed by atoms with Gasteiger partial charge in [-0.25, -0.2) is 0 Å². The maximum atomic E-state index is 2.42. The second kappa shape index (κ2) is 6.78. The second-order valence-corrected chi connectivity index (χ2v) is 8.94. The zero-order valence-corrected chi connectivity index (χ0v) is 15.0. The van der Waals surface area contributed by atoms with Crippen molar-refractivity contribution in [1.29, 1.82) is 0 Å². The summed E-state index contributed by atoms with van der Waals surface area (Å²) in [6.07, 6.45) is 12.3. The summed E-state index contributed by atoms with van der Waals surface area (Å²) >= 11 is 0. The lowest BCUT2D eigenvalue weighted by atomic mass is 9.85. The second-order valence-electron chi connectivity index (χ2n) is 6.97. The van der Waals surface area contributed by atoms with Gasteiger partial charge >= 0.3 is 0 Å². The molecule has 0 atom stereocenters. The minimum absolute atomic E-state index is 0.262. The molecule has 1 fully saturated rings. The van der Waals surface area contributed by atoms with Crippen LogP contribution in [0.2, 0.25) is 0 Å². The van der Waals surface area contributed by atoms with E-state index < -0.39 is 0 Å². The Kier molecular flexibility index (Phi) is 4.79. The smallest absolute Gasteiger partial charge is 0.0777 e. The Bertz CT molecular complexity index is 559. The maximum absolute atomic E-state index is 2.42. The molecular formula is C20H28Si. The molecule has 3 rings (SSSR count). The molecule has 0 aromatic heterocycles. The predicted molar refractivity (Wildman–Crippen MR) is 96.0 cm³/mol. The molecule has 0 N–H and O–H groups in total. The van der Waals surface area contributed by atoms with Crippen LogP contribution in [0.5, 0.6) is 0 Å². The topological polar surface area (TPSA) is 0 Å². The molecule has 0 heterocycles. The first-order valence-corrected chi connectivity index (χ1v) is 10.1. The van der Waals surface area contributed by atoms with Crippen molar-refractivity contribution < 1.29 is 0 Å². The van der Waals surface area contributed by atoms with E-state index >= 15 is 0 Å². The predicted octanol–water partition coefficient (Wildman–Crippen LogP) is 4.23. The van der Waals surface area contributed by atoms with Gasteiger partial charge in [0.2, 0.25) is 0 Å². The van der Waals surface area contributed by atoms with Crippen molar-refractivity contribution in [2.24, 2.45) is 5.92 Å². The average molecular weight is 297 g/mol. The number of benzene rings is 1. The summed E-state index contributed by atoms with van der Waals surface area (Å²) in [5, 5.41) is 3.48. The van der Waals surface area contributed by atoms with E-state index in [4.69, 9.17) is 0 Å². The van der Waals surface area contributed by atoms with Crippen molar-refractivity contribution in [3.63, 3.8) is 0 Å². The highest BCUT2D eigenvalue weighted by atomic mass is 28.2. The first-order valence-electron chi connectivity index (χ1n) is 8.66. The molecule has 1 saturated carbocycles. The highest BCUT2D eigenvalue weighted by Gasteiger charge is 2.17. The zero-order chi connectivity index (χ0) is 14.7. The Morgan fingerprint density at radius 3 is 2.52 bits per heavy atom. The Labute approximate surface area is 132 Å². The lowest BCUT2D eigenvalue weighted by molar-refractivity contribution is 0.357. The van der Waals surface area contributed by atoms with Crippen molar-refractivity contribution in [1.82, 2.24) is 0 Å². The van der Waals surface area contributed by atoms with Crippen LogP contribution < -0.4 is 5.19 Å². The van der Waals surface area contributed by atoms with E-state index in [0.29, 0.717) is 0 Å². The Morgan fingerprint density at radius 1 is 1.05 bits per heavy atom. The fraction of sp³-hybridized carbons (Fsp3) is 0.500. The molecule has 0 aliphatic heterocycles. The SMILES string of the molecule is CC1=CCC([SiH2]c2ccccc2CC2CCCCC2)=C1C. The minimum atomic E-state index is -0.262. The summed E-state index contributed by atoms with van der Waals surface area (Å²) < 4.78 is 0. The fourth-order valence-corrected chi connectivity index (χ4v) is 5.96. The van der Waals surface area contributed by atoms with Crippen molar-refractivity contribution in [2.75, 3.05) is 0 Å². The van der Waals surface area contributed by atoms with Gasteiger partial charge in [-0.1, -0.05) is 84.0 Å². The molecule has 0 saturated heterocycles. The third-order valence-corrected chi connectivity index (χ3v) is 7.85. The summed E-state index contributed by atoms with van der Waals surface area (Å²) in [5.41, 5.74) is 4.78. The lowest BCUT2D eigenvalue weighted by Crippen LogP contribution is -2.23. The molecule has 2 aliphatic carbocycles. The number of rotatable bonds is 4. The van der Waals surface area contributed by atoms with E-state index in [1.165, 1.54) is 50.5 Å². The van der Waals surface area contributed by atoms with Crippen LogP contribution in [-0.2, 0) is 6.42 Å². The van der Waals surface area contributed by atoms with E-state index in [1.807, 2.05) is 0 Å². The van der Waals surface area contributed by atoms with Crippen LogP contribution in [0.4, 0.5) is 0 Å². The standard InChI is InChI=1S/C20H28Si/c1-15-12-13-19(16(15)2)21-20-11-7-6-10-18(20)14-17-8-4-3-5-9-17/h6-7,10-12,17H,3-5,8-9,13-14,21H2,1-2H3. The van der Waals surface area contributed by atoms with Crippen LogP contribution >= 0.6 is 0 Å². The Morgan fingerprint density at radius 2 is 1.81 bits per heavy atom. The largest absolute Gasteiger partial charge is 0.0835 e. The van der Waals surface area contributed by atoms with Crippen LogP contribution in [0.25, 0.3) is 0 Å². The number of allylic oxidation sites excluding steroid dienone is 4. The quantitative estimate of drug-likeness (QED) is 0.730. The van der Waals surface area contributed by atoms with Crippen molar-refractivity contribution in [3.8, 4) is 0 Å². The molecule has 1 aromatic carbocycles. The van der Waals surface area contributed by atoms with E-state index in [2.05, 4.69) is 44.2 Å². The van der Waals surface area contributed by atoms with Gasteiger partial charge in [-0.3, -0.25) is 0 Å². The van der Waals surface area contributed by atoms with E-state index in [-0.39, 0.29) is 9.52 Å². The van der Waals surface area contributed by atoms with Gasteiger partial charge in [-0.2, -0.15) is 0 Å². The molecule has 2 aliphatic rings. The molecule has 0 spiro atoms. The summed E-state index contributed by atoms with van der Waals surface area (Å²) in [4.78, 5) is 0. The molecule has 1 heteroatoms. The number of hydrogen-bond acceptors (Lipinski definition) is 0. The molecule has 0 nitrogen and oxygen atoms in total. The first-order chi connectivity index (χ1) is 10.2. The van der Waals surface area contributed by atoms with Gasteiger partial charge in [0.1, 0.15) is 0 Å². The fourth-order valence-electron chi connectivity index (χ4n) is 3.93. The Hall–Kier alpha value is -1.08. The van der Waals surface area contributed by atoms with Crippen LogP contribution in [0.1, 0.15) is 57.9 Å². The van der Waals surface area contributed by atoms with Gasteiger partial charge in [0.15, 0.2) is 0 Å². The third-order valence-electron chi connectivity index (χ3n) is 5.53. The van der Waals surface area contributed by atoms with Gasteiger partial charge < -0.3 is 0 Å². The van der Waals surface area contributed by atoms with Crippen LogP contribution in [0.15, 0.2) is 46.7 Å². The van der Waals surface area contributed by atoms with Crippen molar-refractivity contribution in [3.05, 3.63) is 52.2 Å². The van der Waals surface area contributed by atoms with Crippen LogP contribution in [0, 0.1) is 5.92 Å². The summed E-state index contributed by atoms with van der Waals surface area (Å²) in [6.45, 7) is 4.59. The van der Waals surface area contributed by atoms with Crippen LogP contribution in [0.3, 0.4) is 0 Å². The van der Waals surface area contributed by atoms with Gasteiger partial charge in [0.05, 0.1) is 9.52 Å². The van der Waals surface area contributed by atoms with Crippen molar-refractivity contribution in [2.45, 2.75) is 58.8 Å². The molecule has 0 amide bonds. The molecule has 0 bridgehead atoms. The van der Waals surface area contributed by atoms with E-state index in [0.717, 1.165) is 5.92 Å². The zero-order valence-electron chi connectivity index (χ0n) is 13.6. The lowest BCUT2D eigenvalue weighted by Gasteiger charge is -2.23. The highest BCUT2D eigenvalue weighted by Crippen LogP contribution is 2.27. The van der Waals surface area contributed by atoms with E-state index in [1.54, 1.807) is 21.5 Å². The van der Waals surface area contributed by atoms with Crippen LogP contribution in [-0.4, -0.2) is 9.52 Å². The molecule has 0 unspecified atom stereocenters. The maximum Gasteiger partial charge on any atom is 0.0835 e. The normalized spacial score (nSPS) is 20.6. The van der Waals surface area contributed by atoms with Gasteiger partial charge in [0, 0.05) is 0 Å². The third kappa shape index (κ3) is 3.57. The molecule has 0 radical (unpaired) electrons. The molecule has 112 valence electrons. The number of hydrogen-bond donors (Lipinski definition) is 0. The summed E-state index contributed by atoms with van der Waals surface area (Å²) in [5.74, 6) is 0.951. The van der Waals surface area contributed by atoms with Crippen molar-refractivity contribution >= 4 is 14.7 Å². The van der Waals surface area contributed by atoms with Gasteiger partial charge in [-0.15, -0.1) is 0 Å². The monoisotopic (exact) mass is 296 g/mol. The molecular weight excluding hydrogens is 268 g/mol. The average Bonchev–Trinajstić information content (AvgIpc) is 2.82.